The lowest BCUT2D eigenvalue weighted by molar-refractivity contribution is 0.544. The second-order valence-corrected chi connectivity index (χ2v) is 11.9. The van der Waals surface area contributed by atoms with E-state index in [1.165, 1.54) is 22.5 Å². The Morgan fingerprint density at radius 1 is 0.500 bits per heavy atom. The Hall–Kier alpha value is -5.34. The number of para-hydroxylation sites is 3. The van der Waals surface area contributed by atoms with Crippen molar-refractivity contribution < 1.29 is 0 Å². The predicted octanol–water partition coefficient (Wildman–Crippen LogP) is 13.0. The minimum absolute atomic E-state index is 0.399. The maximum atomic E-state index is 3.93. The van der Waals surface area contributed by atoms with Crippen LogP contribution < -0.4 is 9.80 Å². The molecule has 2 unspecified atom stereocenters. The van der Waals surface area contributed by atoms with Gasteiger partial charge in [-0.2, -0.15) is 0 Å². The molecule has 0 heterocycles. The SMILES string of the molecule is C=Cc1ccc(N(c2ccccc2)c2cccc(C(C)CC(CC)c3ccc(N(c4ccccc4)c4ccccc4)cc3)c2)cc1. The first-order valence-electron chi connectivity index (χ1n) is 16.3. The molecule has 228 valence electrons. The lowest BCUT2D eigenvalue weighted by Gasteiger charge is -2.28. The second kappa shape index (κ2) is 14.6. The summed E-state index contributed by atoms with van der Waals surface area (Å²) in [5.41, 5.74) is 10.8. The van der Waals surface area contributed by atoms with E-state index in [4.69, 9.17) is 0 Å². The van der Waals surface area contributed by atoms with E-state index in [2.05, 4.69) is 194 Å². The Bertz CT molecular complexity index is 1770. The molecule has 0 radical (unpaired) electrons. The summed E-state index contributed by atoms with van der Waals surface area (Å²) in [6.45, 7) is 8.61. The van der Waals surface area contributed by atoms with Crippen LogP contribution in [0.1, 0.15) is 55.2 Å². The van der Waals surface area contributed by atoms with Gasteiger partial charge in [0.15, 0.2) is 0 Å². The molecule has 2 nitrogen and oxygen atoms in total. The molecule has 2 heteroatoms. The average Bonchev–Trinajstić information content (AvgIpc) is 3.13. The maximum Gasteiger partial charge on any atom is 0.0464 e. The Kier molecular flexibility index (Phi) is 9.75. The smallest absolute Gasteiger partial charge is 0.0464 e. The normalized spacial score (nSPS) is 12.2. The minimum atomic E-state index is 0.399. The molecule has 0 spiro atoms. The highest BCUT2D eigenvalue weighted by atomic mass is 15.1. The van der Waals surface area contributed by atoms with Crippen LogP contribution in [-0.2, 0) is 0 Å². The summed E-state index contributed by atoms with van der Waals surface area (Å²) in [5.74, 6) is 0.863. The summed E-state index contributed by atoms with van der Waals surface area (Å²) in [6.07, 6.45) is 4.06. The number of benzene rings is 6. The summed E-state index contributed by atoms with van der Waals surface area (Å²) in [6, 6.07) is 58.7. The van der Waals surface area contributed by atoms with Crippen molar-refractivity contribution in [1.82, 2.24) is 0 Å². The first-order chi connectivity index (χ1) is 22.6. The Morgan fingerprint density at radius 3 is 1.41 bits per heavy atom. The highest BCUT2D eigenvalue weighted by molar-refractivity contribution is 5.78. The number of nitrogens with zero attached hydrogens (tertiary/aromatic N) is 2. The Labute approximate surface area is 274 Å². The summed E-state index contributed by atoms with van der Waals surface area (Å²) in [7, 11) is 0. The van der Waals surface area contributed by atoms with Gasteiger partial charge in [-0.1, -0.05) is 117 Å². The monoisotopic (exact) mass is 598 g/mol. The predicted molar refractivity (Wildman–Crippen MR) is 198 cm³/mol. The molecule has 0 N–H and O–H groups in total. The third-order valence-electron chi connectivity index (χ3n) is 8.88. The van der Waals surface area contributed by atoms with E-state index in [0.29, 0.717) is 11.8 Å². The van der Waals surface area contributed by atoms with Crippen LogP contribution >= 0.6 is 0 Å². The highest BCUT2D eigenvalue weighted by Gasteiger charge is 2.19. The van der Waals surface area contributed by atoms with Gasteiger partial charge in [0.1, 0.15) is 0 Å². The van der Waals surface area contributed by atoms with E-state index >= 15 is 0 Å². The van der Waals surface area contributed by atoms with Crippen LogP contribution in [0.4, 0.5) is 34.1 Å². The van der Waals surface area contributed by atoms with Gasteiger partial charge in [-0.15, -0.1) is 0 Å². The van der Waals surface area contributed by atoms with Crippen LogP contribution in [-0.4, -0.2) is 0 Å². The summed E-state index contributed by atoms with van der Waals surface area (Å²) in [4.78, 5) is 4.66. The van der Waals surface area contributed by atoms with Crippen molar-refractivity contribution >= 4 is 40.2 Å². The zero-order chi connectivity index (χ0) is 31.7. The first-order valence-corrected chi connectivity index (χ1v) is 16.3. The van der Waals surface area contributed by atoms with Crippen molar-refractivity contribution in [1.29, 1.82) is 0 Å². The first kappa shape index (κ1) is 30.7. The van der Waals surface area contributed by atoms with Crippen molar-refractivity contribution in [2.24, 2.45) is 0 Å². The third-order valence-corrected chi connectivity index (χ3v) is 8.88. The van der Waals surface area contributed by atoms with E-state index in [-0.39, 0.29) is 0 Å². The Morgan fingerprint density at radius 2 is 0.935 bits per heavy atom. The van der Waals surface area contributed by atoms with Crippen LogP contribution in [0, 0.1) is 0 Å². The number of hydrogen-bond acceptors (Lipinski definition) is 2. The fourth-order valence-corrected chi connectivity index (χ4v) is 6.35. The quantitative estimate of drug-likeness (QED) is 0.138. The molecule has 6 aromatic rings. The average molecular weight is 599 g/mol. The maximum absolute atomic E-state index is 3.93. The molecule has 6 rings (SSSR count). The molecular weight excluding hydrogens is 556 g/mol. The van der Waals surface area contributed by atoms with Crippen LogP contribution in [0.5, 0.6) is 0 Å². The molecule has 0 bridgehead atoms. The molecule has 0 fully saturated rings. The van der Waals surface area contributed by atoms with Crippen LogP contribution in [0.15, 0.2) is 170 Å². The molecular formula is C44H42N2. The van der Waals surface area contributed by atoms with Crippen LogP contribution in [0.3, 0.4) is 0 Å². The molecule has 0 aliphatic rings. The molecule has 0 saturated carbocycles. The topological polar surface area (TPSA) is 6.48 Å². The van der Waals surface area contributed by atoms with Crippen LogP contribution in [0.2, 0.25) is 0 Å². The number of rotatable bonds is 12. The van der Waals surface area contributed by atoms with Gasteiger partial charge in [-0.25, -0.2) is 0 Å². The molecule has 0 amide bonds. The van der Waals surface area contributed by atoms with E-state index < -0.39 is 0 Å². The minimum Gasteiger partial charge on any atom is -0.311 e. The van der Waals surface area contributed by atoms with Crippen molar-refractivity contribution in [3.63, 3.8) is 0 Å². The summed E-state index contributed by atoms with van der Waals surface area (Å²) in [5, 5.41) is 0. The lowest BCUT2D eigenvalue weighted by Crippen LogP contribution is -2.11. The molecule has 2 atom stereocenters. The highest BCUT2D eigenvalue weighted by Crippen LogP contribution is 2.39. The summed E-state index contributed by atoms with van der Waals surface area (Å²) >= 11 is 0. The van der Waals surface area contributed by atoms with Gasteiger partial charge in [0.05, 0.1) is 0 Å². The summed E-state index contributed by atoms with van der Waals surface area (Å²) < 4.78 is 0. The molecule has 0 aliphatic heterocycles. The van der Waals surface area contributed by atoms with Gasteiger partial charge in [0.2, 0.25) is 0 Å². The zero-order valence-electron chi connectivity index (χ0n) is 26.8. The van der Waals surface area contributed by atoms with E-state index in [0.717, 1.165) is 41.2 Å². The van der Waals surface area contributed by atoms with Gasteiger partial charge in [-0.05, 0) is 114 Å². The van der Waals surface area contributed by atoms with Gasteiger partial charge in [0, 0.05) is 34.1 Å². The van der Waals surface area contributed by atoms with Crippen molar-refractivity contribution in [3.05, 3.63) is 187 Å². The fraction of sp³-hybridized carbons (Fsp3) is 0.136. The van der Waals surface area contributed by atoms with Gasteiger partial charge in [-0.3, -0.25) is 0 Å². The molecule has 0 aromatic heterocycles. The molecule has 46 heavy (non-hydrogen) atoms. The molecule has 0 aliphatic carbocycles. The Balaban J connectivity index is 1.24. The van der Waals surface area contributed by atoms with E-state index in [1.807, 2.05) is 6.08 Å². The molecule has 0 saturated heterocycles. The van der Waals surface area contributed by atoms with Gasteiger partial charge < -0.3 is 9.80 Å². The van der Waals surface area contributed by atoms with Crippen LogP contribution in [0.25, 0.3) is 6.08 Å². The number of anilines is 6. The van der Waals surface area contributed by atoms with Crippen molar-refractivity contribution in [3.8, 4) is 0 Å². The van der Waals surface area contributed by atoms with E-state index in [1.54, 1.807) is 0 Å². The second-order valence-electron chi connectivity index (χ2n) is 11.9. The number of hydrogen-bond donors (Lipinski definition) is 0. The molecule has 6 aromatic carbocycles. The fourth-order valence-electron chi connectivity index (χ4n) is 6.35. The van der Waals surface area contributed by atoms with Crippen molar-refractivity contribution in [2.75, 3.05) is 9.80 Å². The lowest BCUT2D eigenvalue weighted by atomic mass is 9.84. The van der Waals surface area contributed by atoms with Gasteiger partial charge in [0.25, 0.3) is 0 Å². The van der Waals surface area contributed by atoms with Crippen molar-refractivity contribution in [2.45, 2.75) is 38.5 Å². The zero-order valence-corrected chi connectivity index (χ0v) is 26.8. The third kappa shape index (κ3) is 6.98. The van der Waals surface area contributed by atoms with E-state index in [9.17, 15) is 0 Å². The standard InChI is InChI=1S/C44H42N2/c1-4-35-24-28-42(29-25-35)46(41-21-13-8-14-22-41)44-23-15-16-38(33-44)34(3)32-36(5-2)37-26-30-43(31-27-37)45(39-17-9-6-10-18-39)40-19-11-7-12-20-40/h4,6-31,33-34,36H,1,5,32H2,2-3H3. The largest absolute Gasteiger partial charge is 0.311 e. The van der Waals surface area contributed by atoms with Gasteiger partial charge >= 0.3 is 0 Å².